The van der Waals surface area contributed by atoms with Crippen molar-refractivity contribution < 1.29 is 9.18 Å². The van der Waals surface area contributed by atoms with E-state index < -0.39 is 0 Å². The highest BCUT2D eigenvalue weighted by molar-refractivity contribution is 5.94. The van der Waals surface area contributed by atoms with E-state index in [0.29, 0.717) is 29.2 Å². The Hall–Kier alpha value is -2.87. The molecular weight excluding hydrogens is 359 g/mol. The standard InChI is InChI=1S/C20H21FN6O/c1-26-15-6-7-16(26)9-14(8-15)24-19(28)18-10-17(12-2-4-13(21)5-3-12)25-20-22-11-23-27(18)20/h2-5,10-11,14-16H,6-9H2,1H3,(H,24,28)/t14?,15-,16+. The maximum Gasteiger partial charge on any atom is 0.270 e. The van der Waals surface area contributed by atoms with Crippen LogP contribution in [0.5, 0.6) is 0 Å². The van der Waals surface area contributed by atoms with Crippen LogP contribution in [0.4, 0.5) is 4.39 Å². The van der Waals surface area contributed by atoms with Crippen molar-refractivity contribution in [3.8, 4) is 11.3 Å². The lowest BCUT2D eigenvalue weighted by Crippen LogP contribution is -2.49. The molecule has 1 unspecified atom stereocenters. The van der Waals surface area contributed by atoms with Crippen molar-refractivity contribution in [2.75, 3.05) is 7.05 Å². The number of fused-ring (bicyclic) bond motifs is 3. The quantitative estimate of drug-likeness (QED) is 0.755. The van der Waals surface area contributed by atoms with Gasteiger partial charge in [-0.2, -0.15) is 14.6 Å². The van der Waals surface area contributed by atoms with E-state index in [2.05, 4.69) is 32.3 Å². The van der Waals surface area contributed by atoms with Gasteiger partial charge in [0.15, 0.2) is 0 Å². The Balaban J connectivity index is 1.45. The molecule has 1 N–H and O–H groups in total. The number of piperidine rings is 1. The van der Waals surface area contributed by atoms with E-state index in [-0.39, 0.29) is 17.8 Å². The highest BCUT2D eigenvalue weighted by Crippen LogP contribution is 2.34. The number of halogens is 1. The van der Waals surface area contributed by atoms with Gasteiger partial charge in [0.2, 0.25) is 0 Å². The second kappa shape index (κ2) is 6.63. The molecule has 2 fully saturated rings. The van der Waals surface area contributed by atoms with Crippen LogP contribution in [0.2, 0.25) is 0 Å². The number of carbonyl (C=O) groups excluding carboxylic acids is 1. The highest BCUT2D eigenvalue weighted by Gasteiger charge is 2.39. The van der Waals surface area contributed by atoms with Gasteiger partial charge in [-0.25, -0.2) is 9.37 Å². The molecule has 0 radical (unpaired) electrons. The molecule has 4 heterocycles. The monoisotopic (exact) mass is 380 g/mol. The van der Waals surface area contributed by atoms with E-state index in [1.807, 2.05) is 0 Å². The Morgan fingerprint density at radius 1 is 1.18 bits per heavy atom. The molecule has 7 nitrogen and oxygen atoms in total. The Kier molecular flexibility index (Phi) is 4.08. The van der Waals surface area contributed by atoms with Gasteiger partial charge in [0.25, 0.3) is 11.7 Å². The van der Waals surface area contributed by atoms with Crippen molar-refractivity contribution in [1.29, 1.82) is 0 Å². The first kappa shape index (κ1) is 17.2. The molecule has 2 aliphatic heterocycles. The third-order valence-electron chi connectivity index (χ3n) is 6.06. The number of carbonyl (C=O) groups is 1. The van der Waals surface area contributed by atoms with Crippen LogP contribution in [-0.2, 0) is 0 Å². The summed E-state index contributed by atoms with van der Waals surface area (Å²) in [4.78, 5) is 24.1. The summed E-state index contributed by atoms with van der Waals surface area (Å²) < 4.78 is 14.7. The molecule has 1 amide bonds. The van der Waals surface area contributed by atoms with Crippen LogP contribution in [0.15, 0.2) is 36.7 Å². The zero-order chi connectivity index (χ0) is 19.3. The van der Waals surface area contributed by atoms with Crippen LogP contribution in [0.25, 0.3) is 17.0 Å². The van der Waals surface area contributed by atoms with Crippen LogP contribution in [0.3, 0.4) is 0 Å². The first-order valence-electron chi connectivity index (χ1n) is 9.58. The summed E-state index contributed by atoms with van der Waals surface area (Å²) in [7, 11) is 2.18. The molecule has 0 aliphatic carbocycles. The van der Waals surface area contributed by atoms with Crippen LogP contribution in [0, 0.1) is 5.82 Å². The van der Waals surface area contributed by atoms with Gasteiger partial charge in [0.1, 0.15) is 17.8 Å². The van der Waals surface area contributed by atoms with Crippen molar-refractivity contribution in [3.63, 3.8) is 0 Å². The molecule has 28 heavy (non-hydrogen) atoms. The second-order valence-electron chi connectivity index (χ2n) is 7.70. The number of hydrogen-bond acceptors (Lipinski definition) is 5. The van der Waals surface area contributed by atoms with E-state index in [9.17, 15) is 9.18 Å². The van der Waals surface area contributed by atoms with Gasteiger partial charge in [-0.3, -0.25) is 4.79 Å². The summed E-state index contributed by atoms with van der Waals surface area (Å²) in [5.41, 5.74) is 1.67. The number of amides is 1. The minimum absolute atomic E-state index is 0.155. The smallest absolute Gasteiger partial charge is 0.270 e. The molecule has 2 aliphatic rings. The summed E-state index contributed by atoms with van der Waals surface area (Å²) >= 11 is 0. The van der Waals surface area contributed by atoms with E-state index in [1.54, 1.807) is 18.2 Å². The van der Waals surface area contributed by atoms with E-state index in [0.717, 1.165) is 18.4 Å². The molecule has 5 rings (SSSR count). The second-order valence-corrected chi connectivity index (χ2v) is 7.70. The zero-order valence-corrected chi connectivity index (χ0v) is 15.5. The van der Waals surface area contributed by atoms with Crippen molar-refractivity contribution >= 4 is 11.7 Å². The summed E-state index contributed by atoms with van der Waals surface area (Å²) in [6.45, 7) is 0. The average Bonchev–Trinajstić information content (AvgIpc) is 3.22. The van der Waals surface area contributed by atoms with Gasteiger partial charge in [0.05, 0.1) is 5.69 Å². The fourth-order valence-electron chi connectivity index (χ4n) is 4.53. The number of benzene rings is 1. The SMILES string of the molecule is CN1[C@@H]2CC[C@H]1CC(NC(=O)c1cc(-c3ccc(F)cc3)nc3ncnn13)C2. The minimum atomic E-state index is -0.317. The van der Waals surface area contributed by atoms with Crippen molar-refractivity contribution in [1.82, 2.24) is 29.8 Å². The maximum atomic E-state index is 13.3. The first-order valence-corrected chi connectivity index (χ1v) is 9.58. The molecule has 2 saturated heterocycles. The fourth-order valence-corrected chi connectivity index (χ4v) is 4.53. The van der Waals surface area contributed by atoms with Crippen LogP contribution >= 0.6 is 0 Å². The Morgan fingerprint density at radius 2 is 1.89 bits per heavy atom. The normalized spacial score (nSPS) is 24.6. The highest BCUT2D eigenvalue weighted by atomic mass is 19.1. The minimum Gasteiger partial charge on any atom is -0.348 e. The molecule has 1 aromatic carbocycles. The number of aromatic nitrogens is 4. The molecule has 2 bridgehead atoms. The number of nitrogens with zero attached hydrogens (tertiary/aromatic N) is 5. The molecule has 0 spiro atoms. The molecule has 3 aromatic rings. The molecular formula is C20H21FN6O. The molecule has 144 valence electrons. The third-order valence-corrected chi connectivity index (χ3v) is 6.06. The predicted octanol–water partition coefficient (Wildman–Crippen LogP) is 2.29. The fraction of sp³-hybridized carbons (Fsp3) is 0.400. The van der Waals surface area contributed by atoms with E-state index in [1.165, 1.54) is 35.8 Å². The molecule has 3 atom stereocenters. The lowest BCUT2D eigenvalue weighted by molar-refractivity contribution is 0.0875. The van der Waals surface area contributed by atoms with Gasteiger partial charge in [-0.1, -0.05) is 0 Å². The number of hydrogen-bond donors (Lipinski definition) is 1. The Bertz CT molecular complexity index is 1020. The largest absolute Gasteiger partial charge is 0.348 e. The van der Waals surface area contributed by atoms with Crippen LogP contribution < -0.4 is 5.32 Å². The lowest BCUT2D eigenvalue weighted by Gasteiger charge is -2.36. The van der Waals surface area contributed by atoms with Crippen LogP contribution in [-0.4, -0.2) is 55.6 Å². The zero-order valence-electron chi connectivity index (χ0n) is 15.5. The van der Waals surface area contributed by atoms with Gasteiger partial charge in [-0.15, -0.1) is 0 Å². The third kappa shape index (κ3) is 2.93. The molecule has 8 heteroatoms. The summed E-state index contributed by atoms with van der Waals surface area (Å²) in [5.74, 6) is -0.159. The van der Waals surface area contributed by atoms with Gasteiger partial charge in [0, 0.05) is 23.7 Å². The lowest BCUT2D eigenvalue weighted by atomic mass is 9.98. The summed E-state index contributed by atoms with van der Waals surface area (Å²) in [6, 6.07) is 8.96. The van der Waals surface area contributed by atoms with Gasteiger partial charge >= 0.3 is 0 Å². The van der Waals surface area contributed by atoms with Crippen molar-refractivity contribution in [2.45, 2.75) is 43.8 Å². The van der Waals surface area contributed by atoms with Gasteiger partial charge < -0.3 is 10.2 Å². The molecule has 2 aromatic heterocycles. The van der Waals surface area contributed by atoms with E-state index >= 15 is 0 Å². The number of rotatable bonds is 3. The maximum absolute atomic E-state index is 13.3. The first-order chi connectivity index (χ1) is 13.6. The van der Waals surface area contributed by atoms with E-state index in [4.69, 9.17) is 0 Å². The predicted molar refractivity (Wildman–Crippen MR) is 101 cm³/mol. The number of nitrogens with one attached hydrogen (secondary N) is 1. The average molecular weight is 380 g/mol. The Labute approximate surface area is 161 Å². The van der Waals surface area contributed by atoms with Crippen molar-refractivity contribution in [2.24, 2.45) is 0 Å². The summed E-state index contributed by atoms with van der Waals surface area (Å²) in [6.07, 6.45) is 5.71. The Morgan fingerprint density at radius 3 is 2.61 bits per heavy atom. The van der Waals surface area contributed by atoms with Crippen LogP contribution in [0.1, 0.15) is 36.2 Å². The topological polar surface area (TPSA) is 75.4 Å². The summed E-state index contributed by atoms with van der Waals surface area (Å²) in [5, 5.41) is 7.33. The van der Waals surface area contributed by atoms with Gasteiger partial charge in [-0.05, 0) is 63.1 Å². The van der Waals surface area contributed by atoms with Crippen molar-refractivity contribution in [3.05, 3.63) is 48.2 Å². The molecule has 0 saturated carbocycles.